The molecule has 0 bridgehead atoms. The lowest BCUT2D eigenvalue weighted by Crippen LogP contribution is -2.34. The number of rotatable bonds is 3. The summed E-state index contributed by atoms with van der Waals surface area (Å²) in [7, 11) is 0. The fourth-order valence-electron chi connectivity index (χ4n) is 2.26. The van der Waals surface area contributed by atoms with Crippen LogP contribution in [0.1, 0.15) is 31.7 Å². The number of aliphatic imine (C=N–C) groups is 1. The van der Waals surface area contributed by atoms with Gasteiger partial charge in [-0.25, -0.2) is 0 Å². The Kier molecular flexibility index (Phi) is 4.03. The summed E-state index contributed by atoms with van der Waals surface area (Å²) in [6.45, 7) is 2.32. The Hall–Kier alpha value is -1.77. The van der Waals surface area contributed by atoms with Crippen molar-refractivity contribution >= 4 is 17.3 Å². The molecule has 1 aromatic rings. The Morgan fingerprint density at radius 2 is 1.78 bits per heavy atom. The van der Waals surface area contributed by atoms with Gasteiger partial charge in [-0.3, -0.25) is 14.6 Å². The van der Waals surface area contributed by atoms with E-state index in [0.717, 1.165) is 5.56 Å². The van der Waals surface area contributed by atoms with Crippen LogP contribution in [0.3, 0.4) is 0 Å². The molecule has 0 spiro atoms. The fourth-order valence-corrected chi connectivity index (χ4v) is 2.26. The lowest BCUT2D eigenvalue weighted by molar-refractivity contribution is -0.132. The highest BCUT2D eigenvalue weighted by atomic mass is 16.2. The molecule has 94 valence electrons. The van der Waals surface area contributed by atoms with Crippen molar-refractivity contribution in [1.82, 2.24) is 0 Å². The third kappa shape index (κ3) is 2.92. The highest BCUT2D eigenvalue weighted by Gasteiger charge is 2.31. The van der Waals surface area contributed by atoms with Gasteiger partial charge >= 0.3 is 0 Å². The van der Waals surface area contributed by atoms with Gasteiger partial charge in [0.2, 0.25) is 0 Å². The smallest absolute Gasteiger partial charge is 0.148 e. The van der Waals surface area contributed by atoms with Crippen molar-refractivity contribution in [3.8, 4) is 0 Å². The molecule has 0 aliphatic heterocycles. The first-order valence-electron chi connectivity index (χ1n) is 6.29. The molecule has 18 heavy (non-hydrogen) atoms. The minimum Gasteiger partial charge on any atom is -0.298 e. The SMILES string of the molecule is CC(=NCc1ccccc1)C1C(=O)CCCC1=O. The molecule has 1 aromatic carbocycles. The largest absolute Gasteiger partial charge is 0.298 e. The lowest BCUT2D eigenvalue weighted by Gasteiger charge is -2.19. The number of Topliss-reactive ketones (excluding diaryl/α,β-unsaturated/α-hetero) is 2. The van der Waals surface area contributed by atoms with E-state index in [1.807, 2.05) is 30.3 Å². The lowest BCUT2D eigenvalue weighted by atomic mass is 9.84. The Morgan fingerprint density at radius 3 is 2.39 bits per heavy atom. The third-order valence-electron chi connectivity index (χ3n) is 3.26. The van der Waals surface area contributed by atoms with E-state index in [1.54, 1.807) is 6.92 Å². The van der Waals surface area contributed by atoms with Crippen LogP contribution >= 0.6 is 0 Å². The van der Waals surface area contributed by atoms with Crippen molar-refractivity contribution in [3.05, 3.63) is 35.9 Å². The standard InChI is InChI=1S/C15H17NO2/c1-11(15-13(17)8-5-9-14(15)18)16-10-12-6-3-2-4-7-12/h2-4,6-7,15H,5,8-10H2,1H3. The average Bonchev–Trinajstić information content (AvgIpc) is 2.37. The zero-order valence-corrected chi connectivity index (χ0v) is 10.6. The van der Waals surface area contributed by atoms with Gasteiger partial charge in [0.1, 0.15) is 17.5 Å². The maximum Gasteiger partial charge on any atom is 0.148 e. The molecular formula is C15H17NO2. The summed E-state index contributed by atoms with van der Waals surface area (Å²) >= 11 is 0. The summed E-state index contributed by atoms with van der Waals surface area (Å²) in [5, 5.41) is 0. The molecule has 1 aliphatic carbocycles. The number of ketones is 2. The van der Waals surface area contributed by atoms with Crippen molar-refractivity contribution in [2.75, 3.05) is 0 Å². The topological polar surface area (TPSA) is 46.5 Å². The van der Waals surface area contributed by atoms with E-state index < -0.39 is 5.92 Å². The quantitative estimate of drug-likeness (QED) is 0.605. The maximum atomic E-state index is 11.8. The minimum absolute atomic E-state index is 0.0283. The molecule has 0 radical (unpaired) electrons. The average molecular weight is 243 g/mol. The van der Waals surface area contributed by atoms with Gasteiger partial charge in [-0.15, -0.1) is 0 Å². The van der Waals surface area contributed by atoms with Crippen LogP contribution in [-0.2, 0) is 16.1 Å². The highest BCUT2D eigenvalue weighted by molar-refractivity contribution is 6.21. The molecule has 0 atom stereocenters. The van der Waals surface area contributed by atoms with Crippen LogP contribution in [0.15, 0.2) is 35.3 Å². The van der Waals surface area contributed by atoms with E-state index in [-0.39, 0.29) is 11.6 Å². The van der Waals surface area contributed by atoms with E-state index in [4.69, 9.17) is 0 Å². The predicted octanol–water partition coefficient (Wildman–Crippen LogP) is 2.59. The molecule has 0 N–H and O–H groups in total. The van der Waals surface area contributed by atoms with Crippen LogP contribution in [0.25, 0.3) is 0 Å². The normalized spacial score (nSPS) is 18.2. The monoisotopic (exact) mass is 243 g/mol. The number of benzene rings is 1. The first kappa shape index (κ1) is 12.7. The van der Waals surface area contributed by atoms with E-state index >= 15 is 0 Å². The molecular weight excluding hydrogens is 226 g/mol. The van der Waals surface area contributed by atoms with E-state index in [1.165, 1.54) is 0 Å². The molecule has 0 amide bonds. The summed E-state index contributed by atoms with van der Waals surface area (Å²) in [6.07, 6.45) is 1.71. The van der Waals surface area contributed by atoms with Crippen LogP contribution in [0, 0.1) is 5.92 Å². The summed E-state index contributed by atoms with van der Waals surface area (Å²) < 4.78 is 0. The van der Waals surface area contributed by atoms with E-state index in [9.17, 15) is 9.59 Å². The Labute approximate surface area is 107 Å². The number of nitrogens with zero attached hydrogens (tertiary/aromatic N) is 1. The van der Waals surface area contributed by atoms with Gasteiger partial charge in [0.25, 0.3) is 0 Å². The summed E-state index contributed by atoms with van der Waals surface area (Å²) in [5.74, 6) is -0.524. The highest BCUT2D eigenvalue weighted by Crippen LogP contribution is 2.19. The molecule has 0 heterocycles. The zero-order valence-electron chi connectivity index (χ0n) is 10.6. The van der Waals surface area contributed by atoms with Gasteiger partial charge in [0.05, 0.1) is 6.54 Å². The molecule has 2 rings (SSSR count). The summed E-state index contributed by atoms with van der Waals surface area (Å²) in [5.41, 5.74) is 1.75. The van der Waals surface area contributed by atoms with Crippen molar-refractivity contribution in [1.29, 1.82) is 0 Å². The first-order valence-corrected chi connectivity index (χ1v) is 6.29. The number of carbonyl (C=O) groups is 2. The van der Waals surface area contributed by atoms with Crippen molar-refractivity contribution < 1.29 is 9.59 Å². The van der Waals surface area contributed by atoms with E-state index in [2.05, 4.69) is 4.99 Å². The van der Waals surface area contributed by atoms with Crippen LogP contribution in [0.4, 0.5) is 0 Å². The van der Waals surface area contributed by atoms with Gasteiger partial charge in [-0.2, -0.15) is 0 Å². The second-order valence-electron chi connectivity index (χ2n) is 4.66. The number of carbonyl (C=O) groups excluding carboxylic acids is 2. The minimum atomic E-state index is -0.581. The van der Waals surface area contributed by atoms with Crippen LogP contribution < -0.4 is 0 Å². The van der Waals surface area contributed by atoms with E-state index in [0.29, 0.717) is 31.5 Å². The summed E-state index contributed by atoms with van der Waals surface area (Å²) in [4.78, 5) is 27.9. The molecule has 3 nitrogen and oxygen atoms in total. The van der Waals surface area contributed by atoms with Crippen LogP contribution in [-0.4, -0.2) is 17.3 Å². The molecule has 1 fully saturated rings. The molecule has 0 aromatic heterocycles. The predicted molar refractivity (Wildman–Crippen MR) is 70.6 cm³/mol. The number of hydrogen-bond donors (Lipinski definition) is 0. The Bertz CT molecular complexity index is 461. The van der Waals surface area contributed by atoms with Crippen molar-refractivity contribution in [2.24, 2.45) is 10.9 Å². The Morgan fingerprint density at radius 1 is 1.17 bits per heavy atom. The van der Waals surface area contributed by atoms with Crippen molar-refractivity contribution in [2.45, 2.75) is 32.7 Å². The maximum absolute atomic E-state index is 11.8. The first-order chi connectivity index (χ1) is 8.68. The van der Waals surface area contributed by atoms with Gasteiger partial charge in [0.15, 0.2) is 0 Å². The van der Waals surface area contributed by atoms with Gasteiger partial charge in [0, 0.05) is 18.6 Å². The molecule has 1 aliphatic rings. The number of hydrogen-bond acceptors (Lipinski definition) is 3. The summed E-state index contributed by atoms with van der Waals surface area (Å²) in [6, 6.07) is 9.84. The Balaban J connectivity index is 2.08. The molecule has 0 unspecified atom stereocenters. The third-order valence-corrected chi connectivity index (χ3v) is 3.26. The fraction of sp³-hybridized carbons (Fsp3) is 0.400. The van der Waals surface area contributed by atoms with Gasteiger partial charge in [-0.05, 0) is 18.9 Å². The molecule has 3 heteroatoms. The van der Waals surface area contributed by atoms with Crippen LogP contribution in [0.5, 0.6) is 0 Å². The second-order valence-corrected chi connectivity index (χ2v) is 4.66. The van der Waals surface area contributed by atoms with Crippen LogP contribution in [0.2, 0.25) is 0 Å². The zero-order chi connectivity index (χ0) is 13.0. The second kappa shape index (κ2) is 5.71. The molecule has 1 saturated carbocycles. The van der Waals surface area contributed by atoms with Gasteiger partial charge in [-0.1, -0.05) is 30.3 Å². The van der Waals surface area contributed by atoms with Crippen molar-refractivity contribution in [3.63, 3.8) is 0 Å². The van der Waals surface area contributed by atoms with Gasteiger partial charge < -0.3 is 0 Å². The molecule has 0 saturated heterocycles.